The van der Waals surface area contributed by atoms with E-state index in [1.54, 1.807) is 0 Å². The summed E-state index contributed by atoms with van der Waals surface area (Å²) < 4.78 is 13.4. The third-order valence-corrected chi connectivity index (χ3v) is 5.62. The van der Waals surface area contributed by atoms with Crippen molar-refractivity contribution in [2.24, 2.45) is 0 Å². The number of hydrogen-bond donors (Lipinski definition) is 1. The van der Waals surface area contributed by atoms with Crippen LogP contribution in [-0.2, 0) is 0 Å². The normalized spacial score (nSPS) is 12.9. The van der Waals surface area contributed by atoms with E-state index in [1.165, 1.54) is 23.1 Å². The van der Waals surface area contributed by atoms with Crippen LogP contribution in [0.4, 0.5) is 4.39 Å². The van der Waals surface area contributed by atoms with Gasteiger partial charge in [-0.3, -0.25) is 0 Å². The molecule has 0 spiro atoms. The molecule has 4 aromatic carbocycles. The first-order chi connectivity index (χ1) is 14.0. The van der Waals surface area contributed by atoms with Gasteiger partial charge in [0.2, 0.25) is 0 Å². The van der Waals surface area contributed by atoms with Crippen LogP contribution in [0.5, 0.6) is 0 Å². The summed E-state index contributed by atoms with van der Waals surface area (Å²) in [5, 5.41) is 6.76. The van der Waals surface area contributed by atoms with Gasteiger partial charge in [0, 0.05) is 17.1 Å². The molecule has 4 rings (SSSR count). The fraction of sp³-hybridized carbons (Fsp3) is 0.154. The Labute approximate surface area is 188 Å². The molecule has 4 aromatic rings. The number of halogens is 3. The predicted octanol–water partition coefficient (Wildman–Crippen LogP) is 8.13. The number of fused-ring (bicyclic) bond motifs is 1. The van der Waals surface area contributed by atoms with E-state index >= 15 is 0 Å². The summed E-state index contributed by atoms with van der Waals surface area (Å²) in [6.07, 6.45) is 0. The average molecular weight is 440 g/mol. The lowest BCUT2D eigenvalue weighted by Gasteiger charge is -2.22. The molecule has 2 atom stereocenters. The van der Waals surface area contributed by atoms with Gasteiger partial charge in [0.1, 0.15) is 5.82 Å². The lowest BCUT2D eigenvalue weighted by Crippen LogP contribution is -2.22. The molecule has 1 N–H and O–H groups in total. The Hall–Kier alpha value is -2.39. The summed E-state index contributed by atoms with van der Waals surface area (Å²) in [4.78, 5) is 0. The predicted molar refractivity (Wildman–Crippen MR) is 128 cm³/mol. The van der Waals surface area contributed by atoms with E-state index in [4.69, 9.17) is 11.6 Å². The van der Waals surface area contributed by atoms with Crippen LogP contribution in [-0.4, -0.2) is 0 Å². The molecule has 0 amide bonds. The summed E-state index contributed by atoms with van der Waals surface area (Å²) in [6, 6.07) is 27.7. The standard InChI is InChI=1S/C26H23ClFN.ClH/c1-17(20-7-5-8-23(27)15-20)29-18(2)22-14-21-6-3-4-9-25(21)26(16-22)19-10-12-24(28)13-11-19;/h3-18,29H,1-2H3;1H/t17-,18?;/m1./s1. The van der Waals surface area contributed by atoms with Gasteiger partial charge in [0.15, 0.2) is 0 Å². The van der Waals surface area contributed by atoms with Crippen LogP contribution in [0.15, 0.2) is 84.9 Å². The number of benzene rings is 4. The number of rotatable bonds is 5. The van der Waals surface area contributed by atoms with Crippen molar-refractivity contribution in [3.8, 4) is 11.1 Å². The van der Waals surface area contributed by atoms with Gasteiger partial charge < -0.3 is 5.32 Å². The van der Waals surface area contributed by atoms with Crippen LogP contribution in [0.2, 0.25) is 5.02 Å². The molecule has 0 saturated carbocycles. The van der Waals surface area contributed by atoms with E-state index in [0.717, 1.165) is 27.1 Å². The van der Waals surface area contributed by atoms with Crippen LogP contribution in [0, 0.1) is 5.82 Å². The molecular weight excluding hydrogens is 416 g/mol. The summed E-state index contributed by atoms with van der Waals surface area (Å²) >= 11 is 6.15. The molecule has 4 heteroatoms. The molecule has 0 aliphatic rings. The molecule has 0 aliphatic heterocycles. The highest BCUT2D eigenvalue weighted by molar-refractivity contribution is 6.30. The smallest absolute Gasteiger partial charge is 0.123 e. The molecule has 1 unspecified atom stereocenters. The van der Waals surface area contributed by atoms with E-state index in [0.29, 0.717) is 0 Å². The third-order valence-electron chi connectivity index (χ3n) is 5.39. The first kappa shape index (κ1) is 22.3. The lowest BCUT2D eigenvalue weighted by atomic mass is 9.93. The van der Waals surface area contributed by atoms with E-state index in [2.05, 4.69) is 49.5 Å². The second kappa shape index (κ2) is 9.61. The van der Waals surface area contributed by atoms with Crippen LogP contribution in [0.25, 0.3) is 21.9 Å². The van der Waals surface area contributed by atoms with E-state index in [1.807, 2.05) is 42.5 Å². The molecule has 30 heavy (non-hydrogen) atoms. The minimum absolute atomic E-state index is 0. The maximum atomic E-state index is 13.4. The molecule has 0 aliphatic carbocycles. The monoisotopic (exact) mass is 439 g/mol. The number of nitrogens with one attached hydrogen (secondary N) is 1. The second-order valence-electron chi connectivity index (χ2n) is 7.46. The third kappa shape index (κ3) is 4.84. The van der Waals surface area contributed by atoms with Gasteiger partial charge in [-0.25, -0.2) is 4.39 Å². The SMILES string of the molecule is CC(N[C@H](C)c1cccc(Cl)c1)c1cc(-c2ccc(F)cc2)c2ccccc2c1.Cl. The zero-order valence-electron chi connectivity index (χ0n) is 16.9. The molecule has 154 valence electrons. The lowest BCUT2D eigenvalue weighted by molar-refractivity contribution is 0.495. The van der Waals surface area contributed by atoms with Crippen molar-refractivity contribution in [2.75, 3.05) is 0 Å². The quantitative estimate of drug-likeness (QED) is 0.330. The Balaban J connectivity index is 0.00000256. The molecule has 0 bridgehead atoms. The van der Waals surface area contributed by atoms with Crippen molar-refractivity contribution in [3.63, 3.8) is 0 Å². The van der Waals surface area contributed by atoms with E-state index in [9.17, 15) is 4.39 Å². The maximum Gasteiger partial charge on any atom is 0.123 e. The highest BCUT2D eigenvalue weighted by Gasteiger charge is 2.14. The highest BCUT2D eigenvalue weighted by atomic mass is 35.5. The maximum absolute atomic E-state index is 13.4. The Morgan fingerprint density at radius 2 is 1.47 bits per heavy atom. The van der Waals surface area contributed by atoms with Crippen molar-refractivity contribution in [1.82, 2.24) is 5.32 Å². The molecule has 0 saturated heterocycles. The molecular formula is C26H24Cl2FN. The molecule has 0 fully saturated rings. The number of hydrogen-bond acceptors (Lipinski definition) is 1. The van der Waals surface area contributed by atoms with Gasteiger partial charge >= 0.3 is 0 Å². The first-order valence-electron chi connectivity index (χ1n) is 9.81. The molecule has 1 nitrogen and oxygen atoms in total. The fourth-order valence-corrected chi connectivity index (χ4v) is 3.99. The van der Waals surface area contributed by atoms with Crippen LogP contribution in [0.3, 0.4) is 0 Å². The van der Waals surface area contributed by atoms with Gasteiger partial charge in [0.25, 0.3) is 0 Å². The van der Waals surface area contributed by atoms with Gasteiger partial charge in [-0.2, -0.15) is 0 Å². The topological polar surface area (TPSA) is 12.0 Å². The Kier molecular flexibility index (Phi) is 7.14. The Bertz CT molecular complexity index is 1140. The van der Waals surface area contributed by atoms with Crippen molar-refractivity contribution in [3.05, 3.63) is 107 Å². The average Bonchev–Trinajstić information content (AvgIpc) is 2.73. The van der Waals surface area contributed by atoms with Gasteiger partial charge in [0.05, 0.1) is 0 Å². The van der Waals surface area contributed by atoms with Crippen molar-refractivity contribution >= 4 is 34.8 Å². The molecule has 0 heterocycles. The summed E-state index contributed by atoms with van der Waals surface area (Å²) in [7, 11) is 0. The Morgan fingerprint density at radius 1 is 0.767 bits per heavy atom. The fourth-order valence-electron chi connectivity index (χ4n) is 3.80. The van der Waals surface area contributed by atoms with Crippen molar-refractivity contribution in [1.29, 1.82) is 0 Å². The van der Waals surface area contributed by atoms with E-state index < -0.39 is 0 Å². The minimum atomic E-state index is -0.223. The van der Waals surface area contributed by atoms with Crippen LogP contribution >= 0.6 is 24.0 Å². The summed E-state index contributed by atoms with van der Waals surface area (Å²) in [6.45, 7) is 4.31. The molecule has 0 aromatic heterocycles. The minimum Gasteiger partial charge on any atom is -0.304 e. The van der Waals surface area contributed by atoms with Gasteiger partial charge in [-0.05, 0) is 83.3 Å². The van der Waals surface area contributed by atoms with Gasteiger partial charge in [-0.1, -0.05) is 60.1 Å². The largest absolute Gasteiger partial charge is 0.304 e. The zero-order chi connectivity index (χ0) is 20.4. The van der Waals surface area contributed by atoms with Crippen LogP contribution < -0.4 is 5.32 Å². The van der Waals surface area contributed by atoms with Crippen molar-refractivity contribution < 1.29 is 4.39 Å². The van der Waals surface area contributed by atoms with E-state index in [-0.39, 0.29) is 30.3 Å². The second-order valence-corrected chi connectivity index (χ2v) is 7.90. The Morgan fingerprint density at radius 3 is 2.20 bits per heavy atom. The van der Waals surface area contributed by atoms with Gasteiger partial charge in [-0.15, -0.1) is 12.4 Å². The van der Waals surface area contributed by atoms with Crippen LogP contribution in [0.1, 0.15) is 37.1 Å². The zero-order valence-corrected chi connectivity index (χ0v) is 18.5. The molecule has 0 radical (unpaired) electrons. The van der Waals surface area contributed by atoms with Crippen molar-refractivity contribution in [2.45, 2.75) is 25.9 Å². The highest BCUT2D eigenvalue weighted by Crippen LogP contribution is 2.33. The summed E-state index contributed by atoms with van der Waals surface area (Å²) in [5.41, 5.74) is 4.47. The summed E-state index contributed by atoms with van der Waals surface area (Å²) in [5.74, 6) is -0.223. The first-order valence-corrected chi connectivity index (χ1v) is 10.2.